The van der Waals surface area contributed by atoms with Crippen LogP contribution in [0.5, 0.6) is 0 Å². The molecule has 17 heavy (non-hydrogen) atoms. The summed E-state index contributed by atoms with van der Waals surface area (Å²) < 4.78 is 10.4. The maximum absolute atomic E-state index is 5.34. The molecule has 2 nitrogen and oxygen atoms in total. The van der Waals surface area contributed by atoms with Gasteiger partial charge in [0.05, 0.1) is 13.7 Å². The van der Waals surface area contributed by atoms with Crippen LogP contribution in [-0.4, -0.2) is 13.7 Å². The zero-order valence-electron chi connectivity index (χ0n) is 12.2. The first kappa shape index (κ1) is 20.9. The van der Waals surface area contributed by atoms with Crippen LogP contribution in [0.4, 0.5) is 0 Å². The monoisotopic (exact) mass is 240 g/mol. The number of allylic oxidation sites excluding steroid dienone is 4. The molecule has 0 fully saturated rings. The van der Waals surface area contributed by atoms with E-state index in [1.54, 1.807) is 31.4 Å². The highest BCUT2D eigenvalue weighted by Crippen LogP contribution is 2.12. The van der Waals surface area contributed by atoms with Gasteiger partial charge in [-0.2, -0.15) is 0 Å². The maximum Gasteiger partial charge on any atom is 0.161 e. The van der Waals surface area contributed by atoms with Gasteiger partial charge in [-0.15, -0.1) is 0 Å². The lowest BCUT2D eigenvalue weighted by molar-refractivity contribution is 0.187. The summed E-state index contributed by atoms with van der Waals surface area (Å²) >= 11 is 0. The molecule has 0 heterocycles. The second-order valence-electron chi connectivity index (χ2n) is 2.17. The Kier molecular flexibility index (Phi) is 24.6. The van der Waals surface area contributed by atoms with Gasteiger partial charge in [-0.1, -0.05) is 53.0 Å². The summed E-state index contributed by atoms with van der Waals surface area (Å²) in [5.74, 6) is 1.32. The molecule has 0 aromatic rings. The van der Waals surface area contributed by atoms with E-state index in [2.05, 4.69) is 13.2 Å². The Bertz CT molecular complexity index is 225. The highest BCUT2D eigenvalue weighted by molar-refractivity contribution is 5.26. The van der Waals surface area contributed by atoms with Crippen molar-refractivity contribution in [2.75, 3.05) is 13.7 Å². The molecular formula is C15H28O2. The van der Waals surface area contributed by atoms with Crippen LogP contribution in [0.15, 0.2) is 49.0 Å². The summed E-state index contributed by atoms with van der Waals surface area (Å²) in [7, 11) is 1.59. The first-order valence-corrected chi connectivity index (χ1v) is 6.12. The van der Waals surface area contributed by atoms with E-state index in [1.807, 2.05) is 34.6 Å². The fourth-order valence-electron chi connectivity index (χ4n) is 0.822. The molecule has 0 bridgehead atoms. The molecule has 0 unspecified atom stereocenters. The lowest BCUT2D eigenvalue weighted by atomic mass is 10.3. The van der Waals surface area contributed by atoms with Crippen LogP contribution >= 0.6 is 0 Å². The molecular weight excluding hydrogens is 212 g/mol. The van der Waals surface area contributed by atoms with Crippen molar-refractivity contribution in [2.45, 2.75) is 34.6 Å². The van der Waals surface area contributed by atoms with Crippen molar-refractivity contribution in [1.82, 2.24) is 0 Å². The summed E-state index contributed by atoms with van der Waals surface area (Å²) in [6.45, 7) is 17.7. The molecule has 2 heteroatoms. The zero-order valence-corrected chi connectivity index (χ0v) is 12.2. The van der Waals surface area contributed by atoms with Crippen molar-refractivity contribution < 1.29 is 9.47 Å². The third-order valence-electron chi connectivity index (χ3n) is 1.30. The van der Waals surface area contributed by atoms with Crippen molar-refractivity contribution >= 4 is 0 Å². The van der Waals surface area contributed by atoms with Crippen LogP contribution < -0.4 is 0 Å². The quantitative estimate of drug-likeness (QED) is 0.487. The Labute approximate surface area is 107 Å². The standard InChI is InChI=1S/C11H16O2.2C2H6/c1-5-8-10(12-4)11(9-6-2)13-7-3;2*1-2/h5-6,8-9H,1-2,7H2,3-4H3;2*1-2H3/b10-8+,11-9+;;. The number of rotatable bonds is 6. The summed E-state index contributed by atoms with van der Waals surface area (Å²) in [5.41, 5.74) is 0. The Balaban J connectivity index is -0.000000439. The van der Waals surface area contributed by atoms with Crippen LogP contribution in [0.25, 0.3) is 0 Å². The smallest absolute Gasteiger partial charge is 0.161 e. The van der Waals surface area contributed by atoms with E-state index in [9.17, 15) is 0 Å². The maximum atomic E-state index is 5.34. The molecule has 100 valence electrons. The van der Waals surface area contributed by atoms with Crippen molar-refractivity contribution in [1.29, 1.82) is 0 Å². The van der Waals surface area contributed by atoms with Gasteiger partial charge >= 0.3 is 0 Å². The Morgan fingerprint density at radius 1 is 0.941 bits per heavy atom. The fraction of sp³-hybridized carbons (Fsp3) is 0.467. The number of hydrogen-bond donors (Lipinski definition) is 0. The van der Waals surface area contributed by atoms with Crippen LogP contribution in [0.3, 0.4) is 0 Å². The highest BCUT2D eigenvalue weighted by atomic mass is 16.5. The Hall–Kier alpha value is -1.44. The predicted molar refractivity (Wildman–Crippen MR) is 77.9 cm³/mol. The molecule has 0 amide bonds. The second-order valence-corrected chi connectivity index (χ2v) is 2.17. The van der Waals surface area contributed by atoms with Gasteiger partial charge < -0.3 is 9.47 Å². The SMILES string of the molecule is C=C/C=C(OC)\C(=C/C=C)OCC.CC.CC. The lowest BCUT2D eigenvalue weighted by Crippen LogP contribution is -1.97. The molecule has 0 spiro atoms. The van der Waals surface area contributed by atoms with Gasteiger partial charge in [-0.25, -0.2) is 0 Å². The Morgan fingerprint density at radius 3 is 1.65 bits per heavy atom. The van der Waals surface area contributed by atoms with Crippen molar-refractivity contribution in [3.05, 3.63) is 49.0 Å². The van der Waals surface area contributed by atoms with Crippen LogP contribution in [0.2, 0.25) is 0 Å². The number of methoxy groups -OCH3 is 1. The van der Waals surface area contributed by atoms with E-state index in [0.717, 1.165) is 0 Å². The molecule has 0 saturated carbocycles. The average molecular weight is 240 g/mol. The molecule has 0 aromatic heterocycles. The minimum Gasteiger partial charge on any atom is -0.493 e. The van der Waals surface area contributed by atoms with E-state index < -0.39 is 0 Å². The molecule has 0 radical (unpaired) electrons. The average Bonchev–Trinajstić information content (AvgIpc) is 2.40. The normalized spacial score (nSPS) is 10.0. The zero-order chi connectivity index (χ0) is 14.1. The topological polar surface area (TPSA) is 18.5 Å². The van der Waals surface area contributed by atoms with Crippen LogP contribution in [0, 0.1) is 0 Å². The molecule has 0 aliphatic carbocycles. The van der Waals surface area contributed by atoms with E-state index in [4.69, 9.17) is 9.47 Å². The summed E-state index contributed by atoms with van der Waals surface area (Å²) in [5, 5.41) is 0. The van der Waals surface area contributed by atoms with E-state index in [-0.39, 0.29) is 0 Å². The largest absolute Gasteiger partial charge is 0.493 e. The Morgan fingerprint density at radius 2 is 1.35 bits per heavy atom. The minimum absolute atomic E-state index is 0.595. The minimum atomic E-state index is 0.595. The third-order valence-corrected chi connectivity index (χ3v) is 1.30. The first-order chi connectivity index (χ1) is 8.29. The van der Waals surface area contributed by atoms with Crippen molar-refractivity contribution in [3.8, 4) is 0 Å². The van der Waals surface area contributed by atoms with Gasteiger partial charge in [0.25, 0.3) is 0 Å². The lowest BCUT2D eigenvalue weighted by Gasteiger charge is -2.10. The molecule has 0 rings (SSSR count). The van der Waals surface area contributed by atoms with Gasteiger partial charge in [-0.05, 0) is 19.1 Å². The molecule has 0 N–H and O–H groups in total. The van der Waals surface area contributed by atoms with Gasteiger partial charge in [0.1, 0.15) is 0 Å². The van der Waals surface area contributed by atoms with Gasteiger partial charge in [0.15, 0.2) is 11.5 Å². The third kappa shape index (κ3) is 12.5. The summed E-state index contributed by atoms with van der Waals surface area (Å²) in [4.78, 5) is 0. The highest BCUT2D eigenvalue weighted by Gasteiger charge is 2.03. The van der Waals surface area contributed by atoms with E-state index in [0.29, 0.717) is 18.1 Å². The van der Waals surface area contributed by atoms with Crippen molar-refractivity contribution in [2.24, 2.45) is 0 Å². The molecule has 0 aliphatic rings. The second kappa shape index (κ2) is 20.0. The van der Waals surface area contributed by atoms with Gasteiger partial charge in [0, 0.05) is 0 Å². The van der Waals surface area contributed by atoms with Crippen LogP contribution in [-0.2, 0) is 9.47 Å². The fourth-order valence-corrected chi connectivity index (χ4v) is 0.822. The molecule has 0 aliphatic heterocycles. The summed E-state index contributed by atoms with van der Waals surface area (Å²) in [6, 6.07) is 0. The molecule has 0 saturated heterocycles. The number of ether oxygens (including phenoxy) is 2. The predicted octanol–water partition coefficient (Wildman–Crippen LogP) is 4.86. The van der Waals surface area contributed by atoms with Gasteiger partial charge in [-0.3, -0.25) is 0 Å². The van der Waals surface area contributed by atoms with E-state index >= 15 is 0 Å². The van der Waals surface area contributed by atoms with Gasteiger partial charge in [0.2, 0.25) is 0 Å². The van der Waals surface area contributed by atoms with Crippen LogP contribution in [0.1, 0.15) is 34.6 Å². The van der Waals surface area contributed by atoms with Crippen molar-refractivity contribution in [3.63, 3.8) is 0 Å². The molecule has 0 aromatic carbocycles. The number of hydrogen-bond acceptors (Lipinski definition) is 2. The van der Waals surface area contributed by atoms with E-state index in [1.165, 1.54) is 0 Å². The summed E-state index contributed by atoms with van der Waals surface area (Å²) in [6.07, 6.45) is 6.79. The molecule has 0 atom stereocenters. The first-order valence-electron chi connectivity index (χ1n) is 6.12.